The number of hydrogen-bond donors (Lipinski definition) is 0. The number of amides is 1. The molecule has 0 unspecified atom stereocenters. The second-order valence-electron chi connectivity index (χ2n) is 10.3. The molecule has 1 aliphatic heterocycles. The smallest absolute Gasteiger partial charge is 0.314 e. The number of anilines is 2. The Morgan fingerprint density at radius 1 is 0.952 bits per heavy atom. The molecule has 220 valence electrons. The molecule has 0 bridgehead atoms. The molecule has 0 N–H and O–H groups in total. The molecule has 0 atom stereocenters. The van der Waals surface area contributed by atoms with Gasteiger partial charge in [-0.25, -0.2) is 13.2 Å². The van der Waals surface area contributed by atoms with Crippen molar-refractivity contribution in [1.29, 1.82) is 0 Å². The van der Waals surface area contributed by atoms with E-state index in [0.717, 1.165) is 50.2 Å². The van der Waals surface area contributed by atoms with Crippen LogP contribution in [0.25, 0.3) is 22.6 Å². The second kappa shape index (κ2) is 12.3. The van der Waals surface area contributed by atoms with Crippen LogP contribution in [0.1, 0.15) is 30.7 Å². The summed E-state index contributed by atoms with van der Waals surface area (Å²) in [6, 6.07) is 12.2. The first-order chi connectivity index (χ1) is 20.1. The Balaban J connectivity index is 1.51. The first-order valence-corrected chi connectivity index (χ1v) is 13.3. The average Bonchev–Trinajstić information content (AvgIpc) is 3.49. The van der Waals surface area contributed by atoms with Gasteiger partial charge in [-0.2, -0.15) is 8.78 Å². The lowest BCUT2D eigenvalue weighted by Gasteiger charge is -2.38. The Morgan fingerprint density at radius 3 is 2.36 bits per heavy atom. The highest BCUT2D eigenvalue weighted by atomic mass is 19.3. The van der Waals surface area contributed by atoms with E-state index in [1.807, 2.05) is 14.1 Å². The van der Waals surface area contributed by atoms with Crippen LogP contribution < -0.4 is 9.80 Å². The third-order valence-corrected chi connectivity index (χ3v) is 7.54. The molecule has 1 fully saturated rings. The molecular weight excluding hydrogens is 557 g/mol. The molecule has 1 saturated heterocycles. The summed E-state index contributed by atoms with van der Waals surface area (Å²) in [7, 11) is 3.96. The molecule has 42 heavy (non-hydrogen) atoms. The predicted molar refractivity (Wildman–Crippen MR) is 148 cm³/mol. The summed E-state index contributed by atoms with van der Waals surface area (Å²) in [5.74, 6) is -3.12. The number of carbonyl (C=O) groups excluding carboxylic acids is 1. The van der Waals surface area contributed by atoms with E-state index in [-0.39, 0.29) is 35.2 Å². The van der Waals surface area contributed by atoms with E-state index in [1.54, 1.807) is 18.2 Å². The van der Waals surface area contributed by atoms with Crippen molar-refractivity contribution in [2.45, 2.75) is 31.9 Å². The number of hydrogen-bond acceptors (Lipinski definition) is 6. The molecule has 1 aliphatic rings. The van der Waals surface area contributed by atoms with Crippen molar-refractivity contribution in [3.8, 4) is 22.6 Å². The van der Waals surface area contributed by atoms with Crippen molar-refractivity contribution in [2.75, 3.05) is 37.0 Å². The van der Waals surface area contributed by atoms with Crippen LogP contribution in [0.5, 0.6) is 0 Å². The molecule has 1 amide bonds. The number of aromatic nitrogens is 2. The standard InChI is InChI=1S/C30H28F5N5O2/c1-38-11-9-22(10-12-38)39(2)26-8-5-18(23-15-21(31)6-7-24(23)32)14-27(26)40(17-41)16-20-4-3-19(13-25(20)33)29-36-37-30(42-29)28(34)35/h3-8,13-15,17,22,28H,9-12,16H2,1-2H3. The maximum atomic E-state index is 15.3. The Labute approximate surface area is 239 Å². The van der Waals surface area contributed by atoms with Crippen LogP contribution in [-0.2, 0) is 11.3 Å². The van der Waals surface area contributed by atoms with Crippen LogP contribution in [0, 0.1) is 17.5 Å². The summed E-state index contributed by atoms with van der Waals surface area (Å²) >= 11 is 0. The lowest BCUT2D eigenvalue weighted by molar-refractivity contribution is -0.107. The van der Waals surface area contributed by atoms with Gasteiger partial charge < -0.3 is 19.1 Å². The van der Waals surface area contributed by atoms with Crippen LogP contribution in [0.15, 0.2) is 59.0 Å². The molecule has 3 aromatic carbocycles. The monoisotopic (exact) mass is 585 g/mol. The van der Waals surface area contributed by atoms with Crippen molar-refractivity contribution in [1.82, 2.24) is 15.1 Å². The van der Waals surface area contributed by atoms with Gasteiger partial charge >= 0.3 is 6.43 Å². The molecule has 12 heteroatoms. The molecule has 5 rings (SSSR count). The number of piperidine rings is 1. The number of nitrogens with zero attached hydrogens (tertiary/aromatic N) is 5. The zero-order valence-corrected chi connectivity index (χ0v) is 22.9. The van der Waals surface area contributed by atoms with E-state index in [0.29, 0.717) is 23.3 Å². The van der Waals surface area contributed by atoms with Gasteiger partial charge in [0.15, 0.2) is 0 Å². The van der Waals surface area contributed by atoms with Crippen molar-refractivity contribution >= 4 is 17.8 Å². The van der Waals surface area contributed by atoms with Crippen LogP contribution in [-0.4, -0.2) is 54.7 Å². The number of halogens is 5. The highest BCUT2D eigenvalue weighted by Crippen LogP contribution is 2.37. The summed E-state index contributed by atoms with van der Waals surface area (Å²) in [5.41, 5.74) is 1.63. The van der Waals surface area contributed by atoms with Crippen LogP contribution >= 0.6 is 0 Å². The van der Waals surface area contributed by atoms with Crippen LogP contribution in [0.4, 0.5) is 33.3 Å². The van der Waals surface area contributed by atoms with Crippen molar-refractivity contribution in [3.05, 3.63) is 83.5 Å². The number of benzene rings is 3. The molecular formula is C30H28F5N5O2. The number of likely N-dealkylation sites (tertiary alicyclic amines) is 1. The first-order valence-electron chi connectivity index (χ1n) is 13.3. The van der Waals surface area contributed by atoms with Gasteiger partial charge in [-0.05, 0) is 81.0 Å². The van der Waals surface area contributed by atoms with Gasteiger partial charge in [0.05, 0.1) is 17.9 Å². The third-order valence-electron chi connectivity index (χ3n) is 7.54. The van der Waals surface area contributed by atoms with E-state index in [9.17, 15) is 22.4 Å². The molecule has 0 spiro atoms. The van der Waals surface area contributed by atoms with E-state index in [2.05, 4.69) is 20.0 Å². The highest BCUT2D eigenvalue weighted by Gasteiger charge is 2.25. The normalized spacial score (nSPS) is 14.4. The maximum absolute atomic E-state index is 15.3. The van der Waals surface area contributed by atoms with E-state index < -0.39 is 29.8 Å². The Morgan fingerprint density at radius 2 is 1.69 bits per heavy atom. The molecule has 7 nitrogen and oxygen atoms in total. The predicted octanol–water partition coefficient (Wildman–Crippen LogP) is 6.45. The minimum absolute atomic E-state index is 0.0221. The summed E-state index contributed by atoms with van der Waals surface area (Å²) < 4.78 is 74.6. The number of rotatable bonds is 9. The molecule has 0 saturated carbocycles. The van der Waals surface area contributed by atoms with Crippen molar-refractivity contribution in [2.24, 2.45) is 0 Å². The summed E-state index contributed by atoms with van der Waals surface area (Å²) in [6.45, 7) is 1.58. The van der Waals surface area contributed by atoms with Gasteiger partial charge in [0.2, 0.25) is 12.3 Å². The van der Waals surface area contributed by atoms with Gasteiger partial charge in [0.25, 0.3) is 5.89 Å². The highest BCUT2D eigenvalue weighted by molar-refractivity contribution is 5.87. The zero-order chi connectivity index (χ0) is 30.0. The maximum Gasteiger partial charge on any atom is 0.314 e. The minimum Gasteiger partial charge on any atom is -0.415 e. The van der Waals surface area contributed by atoms with Gasteiger partial charge in [-0.3, -0.25) is 4.79 Å². The van der Waals surface area contributed by atoms with Crippen LogP contribution in [0.2, 0.25) is 0 Å². The quantitative estimate of drug-likeness (QED) is 0.166. The first kappa shape index (κ1) is 29.2. The van der Waals surface area contributed by atoms with Gasteiger partial charge in [0.1, 0.15) is 17.5 Å². The van der Waals surface area contributed by atoms with E-state index in [4.69, 9.17) is 4.42 Å². The van der Waals surface area contributed by atoms with E-state index in [1.165, 1.54) is 17.0 Å². The van der Waals surface area contributed by atoms with Gasteiger partial charge in [-0.15, -0.1) is 10.2 Å². The average molecular weight is 586 g/mol. The van der Waals surface area contributed by atoms with Crippen molar-refractivity contribution < 1.29 is 31.2 Å². The third kappa shape index (κ3) is 6.13. The summed E-state index contributed by atoms with van der Waals surface area (Å²) in [5, 5.41) is 6.80. The zero-order valence-electron chi connectivity index (χ0n) is 22.9. The second-order valence-corrected chi connectivity index (χ2v) is 10.3. The van der Waals surface area contributed by atoms with Gasteiger partial charge in [-0.1, -0.05) is 12.1 Å². The lowest BCUT2D eigenvalue weighted by atomic mass is 10.00. The van der Waals surface area contributed by atoms with E-state index >= 15 is 4.39 Å². The fourth-order valence-electron chi connectivity index (χ4n) is 5.13. The topological polar surface area (TPSA) is 65.7 Å². The fourth-order valence-corrected chi connectivity index (χ4v) is 5.13. The van der Waals surface area contributed by atoms with Crippen LogP contribution in [0.3, 0.4) is 0 Å². The molecule has 0 aliphatic carbocycles. The number of carbonyl (C=O) groups is 1. The Bertz CT molecular complexity index is 1570. The molecule has 4 aromatic rings. The fraction of sp³-hybridized carbons (Fsp3) is 0.300. The largest absolute Gasteiger partial charge is 0.415 e. The summed E-state index contributed by atoms with van der Waals surface area (Å²) in [4.78, 5) is 18.1. The minimum atomic E-state index is -2.96. The summed E-state index contributed by atoms with van der Waals surface area (Å²) in [6.07, 6.45) is -0.650. The SMILES string of the molecule is CN1CCC(N(C)c2ccc(-c3cc(F)ccc3F)cc2N(C=O)Cc2ccc(-c3nnc(C(F)F)o3)cc2F)CC1. The molecule has 0 radical (unpaired) electrons. The van der Waals surface area contributed by atoms with Gasteiger partial charge in [0, 0.05) is 29.8 Å². The molecule has 1 aromatic heterocycles. The van der Waals surface area contributed by atoms with Crippen molar-refractivity contribution in [3.63, 3.8) is 0 Å². The number of alkyl halides is 2. The Hall–Kier alpha value is -4.32. The lowest BCUT2D eigenvalue weighted by Crippen LogP contribution is -2.42. The molecule has 2 heterocycles. The Kier molecular flexibility index (Phi) is 8.53.